The van der Waals surface area contributed by atoms with Gasteiger partial charge >= 0.3 is 0 Å². The molecule has 0 amide bonds. The average Bonchev–Trinajstić information content (AvgIpc) is 2.25. The number of nitriles is 1. The molecule has 0 heterocycles. The molecule has 1 rings (SSSR count). The Balaban J connectivity index is 2.80. The van der Waals surface area contributed by atoms with E-state index in [4.69, 9.17) is 16.9 Å². The summed E-state index contributed by atoms with van der Waals surface area (Å²) >= 11 is 5.88. The molecule has 0 saturated carbocycles. The Morgan fingerprint density at radius 3 is 2.80 bits per heavy atom. The Labute approximate surface area is 95.9 Å². The van der Waals surface area contributed by atoms with Crippen LogP contribution in [0.15, 0.2) is 24.3 Å². The van der Waals surface area contributed by atoms with Gasteiger partial charge in [0.1, 0.15) is 6.04 Å². The first-order chi connectivity index (χ1) is 7.17. The zero-order chi connectivity index (χ0) is 11.3. The molecule has 0 aliphatic heterocycles. The van der Waals surface area contributed by atoms with E-state index in [1.165, 1.54) is 0 Å². The molecule has 1 aromatic rings. The smallest absolute Gasteiger partial charge is 0.121 e. The topological polar surface area (TPSA) is 35.8 Å². The SMILES string of the molecule is CCC(C)NC(C#N)c1cccc(Cl)c1. The van der Waals surface area contributed by atoms with Crippen molar-refractivity contribution in [1.82, 2.24) is 5.32 Å². The molecular formula is C12H15ClN2. The fourth-order valence-corrected chi connectivity index (χ4v) is 1.50. The molecule has 0 aromatic heterocycles. The molecular weight excluding hydrogens is 208 g/mol. The minimum Gasteiger partial charge on any atom is -0.296 e. The Hall–Kier alpha value is -1.04. The first-order valence-corrected chi connectivity index (χ1v) is 5.46. The van der Waals surface area contributed by atoms with Crippen molar-refractivity contribution in [2.75, 3.05) is 0 Å². The molecule has 2 unspecified atom stereocenters. The molecule has 0 aliphatic rings. The van der Waals surface area contributed by atoms with E-state index in [0.29, 0.717) is 11.1 Å². The fourth-order valence-electron chi connectivity index (χ4n) is 1.30. The zero-order valence-corrected chi connectivity index (χ0v) is 9.75. The number of benzene rings is 1. The summed E-state index contributed by atoms with van der Waals surface area (Å²) in [5, 5.41) is 13.0. The third kappa shape index (κ3) is 3.54. The third-order valence-electron chi connectivity index (χ3n) is 2.37. The number of hydrogen-bond acceptors (Lipinski definition) is 2. The standard InChI is InChI=1S/C12H15ClN2/c1-3-9(2)15-12(8-14)10-5-4-6-11(13)7-10/h4-7,9,12,15H,3H2,1-2H3. The van der Waals surface area contributed by atoms with Crippen LogP contribution >= 0.6 is 11.6 Å². The van der Waals surface area contributed by atoms with E-state index in [9.17, 15) is 0 Å². The summed E-state index contributed by atoms with van der Waals surface area (Å²) in [5.41, 5.74) is 0.922. The predicted octanol–water partition coefficient (Wildman–Crippen LogP) is 3.29. The molecule has 0 bridgehead atoms. The van der Waals surface area contributed by atoms with Gasteiger partial charge < -0.3 is 0 Å². The molecule has 2 atom stereocenters. The van der Waals surface area contributed by atoms with Crippen LogP contribution in [0.3, 0.4) is 0 Å². The van der Waals surface area contributed by atoms with Crippen LogP contribution in [-0.4, -0.2) is 6.04 Å². The van der Waals surface area contributed by atoms with Gasteiger partial charge in [0, 0.05) is 11.1 Å². The molecule has 80 valence electrons. The quantitative estimate of drug-likeness (QED) is 0.849. The third-order valence-corrected chi connectivity index (χ3v) is 2.61. The summed E-state index contributed by atoms with van der Waals surface area (Å²) in [7, 11) is 0. The van der Waals surface area contributed by atoms with E-state index in [2.05, 4.69) is 25.2 Å². The first-order valence-electron chi connectivity index (χ1n) is 5.08. The van der Waals surface area contributed by atoms with Crippen molar-refractivity contribution in [2.24, 2.45) is 0 Å². The highest BCUT2D eigenvalue weighted by Crippen LogP contribution is 2.17. The van der Waals surface area contributed by atoms with Crippen molar-refractivity contribution in [3.63, 3.8) is 0 Å². The van der Waals surface area contributed by atoms with E-state index in [-0.39, 0.29) is 6.04 Å². The molecule has 2 nitrogen and oxygen atoms in total. The van der Waals surface area contributed by atoms with Crippen molar-refractivity contribution < 1.29 is 0 Å². The zero-order valence-electron chi connectivity index (χ0n) is 9.00. The molecule has 1 N–H and O–H groups in total. The largest absolute Gasteiger partial charge is 0.296 e. The van der Waals surface area contributed by atoms with Gasteiger partial charge in [0.15, 0.2) is 0 Å². The van der Waals surface area contributed by atoms with Gasteiger partial charge in [-0.25, -0.2) is 0 Å². The lowest BCUT2D eigenvalue weighted by atomic mass is 10.1. The van der Waals surface area contributed by atoms with Crippen molar-refractivity contribution >= 4 is 11.6 Å². The molecule has 3 heteroatoms. The van der Waals surface area contributed by atoms with Crippen LogP contribution in [0.4, 0.5) is 0 Å². The maximum Gasteiger partial charge on any atom is 0.121 e. The normalized spacial score (nSPS) is 14.3. The summed E-state index contributed by atoms with van der Waals surface area (Å²) in [6.45, 7) is 4.15. The van der Waals surface area contributed by atoms with E-state index < -0.39 is 0 Å². The number of hydrogen-bond donors (Lipinski definition) is 1. The van der Waals surface area contributed by atoms with Crippen LogP contribution in [0, 0.1) is 11.3 Å². The van der Waals surface area contributed by atoms with Crippen molar-refractivity contribution in [3.05, 3.63) is 34.9 Å². The Morgan fingerprint density at radius 1 is 1.53 bits per heavy atom. The number of halogens is 1. The van der Waals surface area contributed by atoms with E-state index in [1.807, 2.05) is 24.3 Å². The summed E-state index contributed by atoms with van der Waals surface area (Å²) in [4.78, 5) is 0. The second kappa shape index (κ2) is 5.75. The summed E-state index contributed by atoms with van der Waals surface area (Å²) in [5.74, 6) is 0. The van der Waals surface area contributed by atoms with Gasteiger partial charge in [-0.2, -0.15) is 5.26 Å². The lowest BCUT2D eigenvalue weighted by Gasteiger charge is -2.17. The maximum atomic E-state index is 9.06. The van der Waals surface area contributed by atoms with Gasteiger partial charge in [0.05, 0.1) is 6.07 Å². The van der Waals surface area contributed by atoms with Crippen molar-refractivity contribution in [3.8, 4) is 6.07 Å². The first kappa shape index (κ1) is 12.0. The highest BCUT2D eigenvalue weighted by atomic mass is 35.5. The highest BCUT2D eigenvalue weighted by molar-refractivity contribution is 6.30. The van der Waals surface area contributed by atoms with Gasteiger partial charge in [-0.1, -0.05) is 30.7 Å². The number of nitrogens with one attached hydrogen (secondary N) is 1. The summed E-state index contributed by atoms with van der Waals surface area (Å²) in [6, 6.07) is 9.70. The monoisotopic (exact) mass is 222 g/mol. The molecule has 0 fully saturated rings. The molecule has 0 aliphatic carbocycles. The van der Waals surface area contributed by atoms with Gasteiger partial charge in [0.25, 0.3) is 0 Å². The van der Waals surface area contributed by atoms with Crippen LogP contribution in [0.25, 0.3) is 0 Å². The number of nitrogens with zero attached hydrogens (tertiary/aromatic N) is 1. The number of rotatable bonds is 4. The lowest BCUT2D eigenvalue weighted by molar-refractivity contribution is 0.501. The van der Waals surface area contributed by atoms with Crippen LogP contribution in [0.5, 0.6) is 0 Å². The summed E-state index contributed by atoms with van der Waals surface area (Å²) < 4.78 is 0. The fraction of sp³-hybridized carbons (Fsp3) is 0.417. The van der Waals surface area contributed by atoms with Gasteiger partial charge in [-0.15, -0.1) is 0 Å². The second-order valence-electron chi connectivity index (χ2n) is 3.59. The van der Waals surface area contributed by atoms with Gasteiger partial charge in [-0.05, 0) is 31.0 Å². The highest BCUT2D eigenvalue weighted by Gasteiger charge is 2.12. The Bertz CT molecular complexity index is 357. The summed E-state index contributed by atoms with van der Waals surface area (Å²) in [6.07, 6.45) is 0.999. The van der Waals surface area contributed by atoms with Crippen LogP contribution in [0.1, 0.15) is 31.9 Å². The van der Waals surface area contributed by atoms with Crippen LogP contribution < -0.4 is 5.32 Å². The lowest BCUT2D eigenvalue weighted by Crippen LogP contribution is -2.29. The van der Waals surface area contributed by atoms with Crippen LogP contribution in [-0.2, 0) is 0 Å². The predicted molar refractivity (Wildman–Crippen MR) is 62.7 cm³/mol. The van der Waals surface area contributed by atoms with Crippen molar-refractivity contribution in [1.29, 1.82) is 5.26 Å². The minimum atomic E-state index is -0.279. The molecule has 0 saturated heterocycles. The molecule has 15 heavy (non-hydrogen) atoms. The van der Waals surface area contributed by atoms with Crippen LogP contribution in [0.2, 0.25) is 5.02 Å². The Morgan fingerprint density at radius 2 is 2.27 bits per heavy atom. The molecule has 0 radical (unpaired) electrons. The van der Waals surface area contributed by atoms with E-state index in [1.54, 1.807) is 0 Å². The Kier molecular flexibility index (Phi) is 4.61. The minimum absolute atomic E-state index is 0.279. The van der Waals surface area contributed by atoms with E-state index in [0.717, 1.165) is 12.0 Å². The maximum absolute atomic E-state index is 9.06. The van der Waals surface area contributed by atoms with Gasteiger partial charge in [-0.3, -0.25) is 5.32 Å². The van der Waals surface area contributed by atoms with Crippen molar-refractivity contribution in [2.45, 2.75) is 32.4 Å². The van der Waals surface area contributed by atoms with Gasteiger partial charge in [0.2, 0.25) is 0 Å². The molecule has 0 spiro atoms. The second-order valence-corrected chi connectivity index (χ2v) is 4.03. The average molecular weight is 223 g/mol. The molecule has 1 aromatic carbocycles. The van der Waals surface area contributed by atoms with E-state index >= 15 is 0 Å².